The number of ether oxygens (including phenoxy) is 5. The lowest BCUT2D eigenvalue weighted by molar-refractivity contribution is -0.286. The summed E-state index contributed by atoms with van der Waals surface area (Å²) in [4.78, 5) is 34.0. The Kier molecular flexibility index (Phi) is 11.8. The van der Waals surface area contributed by atoms with E-state index in [2.05, 4.69) is 0 Å². The zero-order chi connectivity index (χ0) is 21.8. The standard InChI is InChI=1S/C20H34O9/c1-5-6-10-25-17(23)9-7-8-11-26-20-13(2)18(24)19(28-15(4)22)16(29-20)12-27-14(3)21/h13,16,18-20,24H,5-12H2,1-4H3. The van der Waals surface area contributed by atoms with E-state index in [0.29, 0.717) is 32.5 Å². The average Bonchev–Trinajstić information content (AvgIpc) is 2.65. The van der Waals surface area contributed by atoms with Crippen molar-refractivity contribution in [3.05, 3.63) is 0 Å². The summed E-state index contributed by atoms with van der Waals surface area (Å²) < 4.78 is 26.7. The van der Waals surface area contributed by atoms with Gasteiger partial charge < -0.3 is 28.8 Å². The normalized spacial score (nSPS) is 26.6. The van der Waals surface area contributed by atoms with Crippen molar-refractivity contribution in [1.29, 1.82) is 0 Å². The molecule has 1 heterocycles. The summed E-state index contributed by atoms with van der Waals surface area (Å²) in [6.07, 6.45) is -0.205. The number of carbonyl (C=O) groups excluding carboxylic acids is 3. The molecular formula is C20H34O9. The van der Waals surface area contributed by atoms with E-state index in [0.717, 1.165) is 12.8 Å². The monoisotopic (exact) mass is 418 g/mol. The summed E-state index contributed by atoms with van der Waals surface area (Å²) in [6, 6.07) is 0. The topological polar surface area (TPSA) is 118 Å². The van der Waals surface area contributed by atoms with Crippen LogP contribution in [-0.4, -0.2) is 67.4 Å². The van der Waals surface area contributed by atoms with Crippen molar-refractivity contribution >= 4 is 17.9 Å². The Morgan fingerprint density at radius 3 is 2.34 bits per heavy atom. The van der Waals surface area contributed by atoms with Gasteiger partial charge in [0.2, 0.25) is 0 Å². The van der Waals surface area contributed by atoms with Crippen LogP contribution in [0.4, 0.5) is 0 Å². The third-order valence-corrected chi connectivity index (χ3v) is 4.55. The minimum atomic E-state index is -1.04. The lowest BCUT2D eigenvalue weighted by Crippen LogP contribution is -2.57. The molecule has 0 saturated carbocycles. The predicted octanol–water partition coefficient (Wildman–Crippen LogP) is 1.73. The minimum absolute atomic E-state index is 0.166. The van der Waals surface area contributed by atoms with Crippen LogP contribution in [0.2, 0.25) is 0 Å². The molecule has 9 nitrogen and oxygen atoms in total. The smallest absolute Gasteiger partial charge is 0.305 e. The highest BCUT2D eigenvalue weighted by Crippen LogP contribution is 2.29. The molecule has 0 aromatic rings. The highest BCUT2D eigenvalue weighted by atomic mass is 16.7. The molecule has 29 heavy (non-hydrogen) atoms. The Morgan fingerprint density at radius 1 is 1.00 bits per heavy atom. The maximum absolute atomic E-state index is 11.6. The Balaban J connectivity index is 2.47. The molecule has 1 N–H and O–H groups in total. The second kappa shape index (κ2) is 13.5. The van der Waals surface area contributed by atoms with Crippen LogP contribution in [0, 0.1) is 5.92 Å². The number of unbranched alkanes of at least 4 members (excludes halogenated alkanes) is 2. The van der Waals surface area contributed by atoms with Crippen LogP contribution < -0.4 is 0 Å². The van der Waals surface area contributed by atoms with Crippen LogP contribution in [0.15, 0.2) is 0 Å². The third kappa shape index (κ3) is 9.56. The molecule has 5 atom stereocenters. The summed E-state index contributed by atoms with van der Waals surface area (Å²) in [5.74, 6) is -1.76. The van der Waals surface area contributed by atoms with Crippen molar-refractivity contribution in [3.8, 4) is 0 Å². The second-order valence-electron chi connectivity index (χ2n) is 7.17. The highest BCUT2D eigenvalue weighted by Gasteiger charge is 2.46. The number of aliphatic hydroxyl groups is 1. The van der Waals surface area contributed by atoms with Gasteiger partial charge in [0.1, 0.15) is 18.8 Å². The summed E-state index contributed by atoms with van der Waals surface area (Å²) >= 11 is 0. The SMILES string of the molecule is CCCCOC(=O)CCCCOC1OC(COC(C)=O)C(OC(C)=O)C(O)C1C. The molecule has 0 aromatic heterocycles. The molecule has 0 aromatic carbocycles. The molecule has 1 rings (SSSR count). The van der Waals surface area contributed by atoms with Crippen molar-refractivity contribution in [2.75, 3.05) is 19.8 Å². The summed E-state index contributed by atoms with van der Waals surface area (Å²) in [5.41, 5.74) is 0. The zero-order valence-corrected chi connectivity index (χ0v) is 17.8. The van der Waals surface area contributed by atoms with Gasteiger partial charge in [-0.25, -0.2) is 0 Å². The van der Waals surface area contributed by atoms with E-state index in [9.17, 15) is 19.5 Å². The quantitative estimate of drug-likeness (QED) is 0.287. The van der Waals surface area contributed by atoms with Crippen molar-refractivity contribution in [1.82, 2.24) is 0 Å². The van der Waals surface area contributed by atoms with Crippen LogP contribution in [0.1, 0.15) is 59.8 Å². The number of hydrogen-bond donors (Lipinski definition) is 1. The first kappa shape index (κ1) is 25.3. The van der Waals surface area contributed by atoms with Crippen molar-refractivity contribution in [3.63, 3.8) is 0 Å². The van der Waals surface area contributed by atoms with Crippen molar-refractivity contribution in [2.45, 2.75) is 84.4 Å². The van der Waals surface area contributed by atoms with E-state index in [1.165, 1.54) is 13.8 Å². The lowest BCUT2D eigenvalue weighted by atomic mass is 9.92. The predicted molar refractivity (Wildman–Crippen MR) is 102 cm³/mol. The zero-order valence-electron chi connectivity index (χ0n) is 17.8. The molecular weight excluding hydrogens is 384 g/mol. The Morgan fingerprint density at radius 2 is 1.72 bits per heavy atom. The van der Waals surface area contributed by atoms with Crippen LogP contribution >= 0.6 is 0 Å². The first-order valence-electron chi connectivity index (χ1n) is 10.2. The van der Waals surface area contributed by atoms with Gasteiger partial charge in [-0.05, 0) is 19.3 Å². The van der Waals surface area contributed by atoms with Gasteiger partial charge in [0.15, 0.2) is 12.4 Å². The summed E-state index contributed by atoms with van der Waals surface area (Å²) in [7, 11) is 0. The number of rotatable bonds is 12. The van der Waals surface area contributed by atoms with E-state index < -0.39 is 42.5 Å². The molecule has 0 amide bonds. The Hall–Kier alpha value is -1.71. The number of carbonyl (C=O) groups is 3. The number of hydrogen-bond acceptors (Lipinski definition) is 9. The van der Waals surface area contributed by atoms with Crippen LogP contribution in [0.5, 0.6) is 0 Å². The van der Waals surface area contributed by atoms with E-state index >= 15 is 0 Å². The summed E-state index contributed by atoms with van der Waals surface area (Å²) in [5, 5.41) is 10.5. The van der Waals surface area contributed by atoms with Crippen LogP contribution in [0.25, 0.3) is 0 Å². The molecule has 0 radical (unpaired) electrons. The van der Waals surface area contributed by atoms with Crippen LogP contribution in [-0.2, 0) is 38.1 Å². The molecule has 0 aliphatic carbocycles. The molecule has 0 bridgehead atoms. The maximum atomic E-state index is 11.6. The third-order valence-electron chi connectivity index (χ3n) is 4.55. The van der Waals surface area contributed by atoms with Gasteiger partial charge in [-0.3, -0.25) is 14.4 Å². The van der Waals surface area contributed by atoms with Gasteiger partial charge in [0, 0.05) is 32.8 Å². The molecule has 1 aliphatic rings. The van der Waals surface area contributed by atoms with Gasteiger partial charge >= 0.3 is 17.9 Å². The average molecular weight is 418 g/mol. The molecule has 1 saturated heterocycles. The fourth-order valence-electron chi connectivity index (χ4n) is 2.89. The summed E-state index contributed by atoms with van der Waals surface area (Å²) in [6.45, 7) is 6.84. The van der Waals surface area contributed by atoms with Gasteiger partial charge in [-0.15, -0.1) is 0 Å². The lowest BCUT2D eigenvalue weighted by Gasteiger charge is -2.42. The van der Waals surface area contributed by atoms with E-state index in [1.54, 1.807) is 6.92 Å². The molecule has 0 spiro atoms. The fourth-order valence-corrected chi connectivity index (χ4v) is 2.89. The van der Waals surface area contributed by atoms with Gasteiger partial charge in [0.25, 0.3) is 0 Å². The molecule has 9 heteroatoms. The van der Waals surface area contributed by atoms with E-state index in [4.69, 9.17) is 23.7 Å². The van der Waals surface area contributed by atoms with E-state index in [-0.39, 0.29) is 12.6 Å². The Bertz CT molecular complexity index is 522. The highest BCUT2D eigenvalue weighted by molar-refractivity contribution is 5.69. The molecule has 5 unspecified atom stereocenters. The number of esters is 3. The van der Waals surface area contributed by atoms with Crippen molar-refractivity contribution < 1.29 is 43.2 Å². The minimum Gasteiger partial charge on any atom is -0.466 e. The van der Waals surface area contributed by atoms with E-state index in [1.807, 2.05) is 6.92 Å². The second-order valence-corrected chi connectivity index (χ2v) is 7.17. The number of aliphatic hydroxyl groups excluding tert-OH is 1. The Labute approximate surface area is 172 Å². The van der Waals surface area contributed by atoms with Crippen LogP contribution in [0.3, 0.4) is 0 Å². The van der Waals surface area contributed by atoms with Crippen molar-refractivity contribution in [2.24, 2.45) is 5.92 Å². The van der Waals surface area contributed by atoms with Gasteiger partial charge in [0.05, 0.1) is 6.61 Å². The largest absolute Gasteiger partial charge is 0.466 e. The first-order chi connectivity index (χ1) is 13.8. The first-order valence-corrected chi connectivity index (χ1v) is 10.2. The maximum Gasteiger partial charge on any atom is 0.305 e. The van der Waals surface area contributed by atoms with Gasteiger partial charge in [-0.1, -0.05) is 20.3 Å². The molecule has 1 fully saturated rings. The molecule has 1 aliphatic heterocycles. The molecule has 168 valence electrons. The fraction of sp³-hybridized carbons (Fsp3) is 0.850. The van der Waals surface area contributed by atoms with Gasteiger partial charge in [-0.2, -0.15) is 0 Å².